The molecule has 0 spiro atoms. The van der Waals surface area contributed by atoms with Crippen molar-refractivity contribution in [2.24, 2.45) is 0 Å². The molecule has 2 nitrogen and oxygen atoms in total. The van der Waals surface area contributed by atoms with E-state index < -0.39 is 0 Å². The first-order chi connectivity index (χ1) is 8.84. The van der Waals surface area contributed by atoms with Crippen molar-refractivity contribution in [3.05, 3.63) is 53.7 Å². The fraction of sp³-hybridized carbons (Fsp3) is 0.312. The van der Waals surface area contributed by atoms with Gasteiger partial charge in [-0.15, -0.1) is 0 Å². The third kappa shape index (κ3) is 2.16. The van der Waals surface area contributed by atoms with Crippen molar-refractivity contribution < 1.29 is 0 Å². The summed E-state index contributed by atoms with van der Waals surface area (Å²) in [4.78, 5) is 4.51. The molecule has 0 radical (unpaired) electrons. The SMILES string of the molecule is Cc1ccccc1-c1cc([C@@H]2CCCN2)ccn1. The summed E-state index contributed by atoms with van der Waals surface area (Å²) >= 11 is 0. The Bertz CT molecular complexity index is 542. The molecule has 92 valence electrons. The first-order valence-electron chi connectivity index (χ1n) is 6.60. The number of hydrogen-bond acceptors (Lipinski definition) is 2. The lowest BCUT2D eigenvalue weighted by atomic mass is 10.0. The highest BCUT2D eigenvalue weighted by molar-refractivity contribution is 5.63. The fourth-order valence-corrected chi connectivity index (χ4v) is 2.64. The van der Waals surface area contributed by atoms with E-state index >= 15 is 0 Å². The van der Waals surface area contributed by atoms with Crippen LogP contribution in [0.4, 0.5) is 0 Å². The van der Waals surface area contributed by atoms with Gasteiger partial charge in [-0.3, -0.25) is 4.98 Å². The van der Waals surface area contributed by atoms with Crippen LogP contribution in [0.3, 0.4) is 0 Å². The van der Waals surface area contributed by atoms with Gasteiger partial charge in [0.2, 0.25) is 0 Å². The number of hydrogen-bond donors (Lipinski definition) is 1. The molecule has 1 aromatic heterocycles. The smallest absolute Gasteiger partial charge is 0.0707 e. The molecule has 2 aromatic rings. The predicted octanol–water partition coefficient (Wildman–Crippen LogP) is 3.48. The maximum Gasteiger partial charge on any atom is 0.0707 e. The predicted molar refractivity (Wildman–Crippen MR) is 74.4 cm³/mol. The normalized spacial score (nSPS) is 19.1. The third-order valence-electron chi connectivity index (χ3n) is 3.67. The van der Waals surface area contributed by atoms with E-state index in [9.17, 15) is 0 Å². The molecule has 18 heavy (non-hydrogen) atoms. The van der Waals surface area contributed by atoms with Gasteiger partial charge >= 0.3 is 0 Å². The van der Waals surface area contributed by atoms with Gasteiger partial charge in [0.05, 0.1) is 5.69 Å². The van der Waals surface area contributed by atoms with Gasteiger partial charge in [-0.1, -0.05) is 24.3 Å². The van der Waals surface area contributed by atoms with Gasteiger partial charge in [-0.05, 0) is 49.6 Å². The van der Waals surface area contributed by atoms with Crippen LogP contribution in [0, 0.1) is 6.92 Å². The van der Waals surface area contributed by atoms with Gasteiger partial charge in [0, 0.05) is 17.8 Å². The number of nitrogens with one attached hydrogen (secondary N) is 1. The molecule has 0 unspecified atom stereocenters. The summed E-state index contributed by atoms with van der Waals surface area (Å²) < 4.78 is 0. The Hall–Kier alpha value is -1.67. The van der Waals surface area contributed by atoms with Crippen LogP contribution >= 0.6 is 0 Å². The Morgan fingerprint density at radius 2 is 2.11 bits per heavy atom. The molecule has 2 heterocycles. The molecule has 2 heteroatoms. The van der Waals surface area contributed by atoms with Gasteiger partial charge in [0.1, 0.15) is 0 Å². The number of rotatable bonds is 2. The molecule has 0 bridgehead atoms. The quantitative estimate of drug-likeness (QED) is 0.866. The summed E-state index contributed by atoms with van der Waals surface area (Å²) in [5.74, 6) is 0. The molecule has 1 atom stereocenters. The number of benzene rings is 1. The van der Waals surface area contributed by atoms with Gasteiger partial charge in [0.25, 0.3) is 0 Å². The van der Waals surface area contributed by atoms with E-state index in [4.69, 9.17) is 0 Å². The number of aryl methyl sites for hydroxylation is 1. The maximum absolute atomic E-state index is 4.51. The summed E-state index contributed by atoms with van der Waals surface area (Å²) in [6.07, 6.45) is 4.43. The molecule has 0 amide bonds. The van der Waals surface area contributed by atoms with Crippen molar-refractivity contribution in [2.45, 2.75) is 25.8 Å². The van der Waals surface area contributed by atoms with Crippen LogP contribution in [0.15, 0.2) is 42.6 Å². The summed E-state index contributed by atoms with van der Waals surface area (Å²) in [6, 6.07) is 13.3. The second-order valence-corrected chi connectivity index (χ2v) is 4.94. The molecule has 1 aliphatic rings. The maximum atomic E-state index is 4.51. The lowest BCUT2D eigenvalue weighted by molar-refractivity contribution is 0.647. The summed E-state index contributed by atoms with van der Waals surface area (Å²) in [5.41, 5.74) is 4.96. The van der Waals surface area contributed by atoms with Crippen LogP contribution < -0.4 is 5.32 Å². The average molecular weight is 238 g/mol. The van der Waals surface area contributed by atoms with E-state index in [0.29, 0.717) is 6.04 Å². The Kier molecular flexibility index (Phi) is 3.11. The van der Waals surface area contributed by atoms with Crippen molar-refractivity contribution >= 4 is 0 Å². The second-order valence-electron chi connectivity index (χ2n) is 4.94. The average Bonchev–Trinajstić information content (AvgIpc) is 2.93. The van der Waals surface area contributed by atoms with E-state index in [2.05, 4.69) is 53.6 Å². The van der Waals surface area contributed by atoms with Gasteiger partial charge in [-0.25, -0.2) is 0 Å². The molecule has 0 aliphatic carbocycles. The minimum absolute atomic E-state index is 0.510. The summed E-state index contributed by atoms with van der Waals surface area (Å²) in [7, 11) is 0. The zero-order chi connectivity index (χ0) is 12.4. The second kappa shape index (κ2) is 4.91. The minimum atomic E-state index is 0.510. The zero-order valence-electron chi connectivity index (χ0n) is 10.7. The van der Waals surface area contributed by atoms with Crippen molar-refractivity contribution in [3.8, 4) is 11.3 Å². The highest BCUT2D eigenvalue weighted by Gasteiger charge is 2.16. The van der Waals surface area contributed by atoms with Crippen LogP contribution in [0.25, 0.3) is 11.3 Å². The van der Waals surface area contributed by atoms with Crippen LogP contribution in [0.1, 0.15) is 30.0 Å². The third-order valence-corrected chi connectivity index (χ3v) is 3.67. The van der Waals surface area contributed by atoms with Crippen molar-refractivity contribution in [1.29, 1.82) is 0 Å². The van der Waals surface area contributed by atoms with Crippen molar-refractivity contribution in [2.75, 3.05) is 6.54 Å². The molecule has 1 saturated heterocycles. The zero-order valence-corrected chi connectivity index (χ0v) is 10.7. The van der Waals surface area contributed by atoms with E-state index in [1.807, 2.05) is 6.20 Å². The molecule has 1 aliphatic heterocycles. The van der Waals surface area contributed by atoms with E-state index in [0.717, 1.165) is 12.2 Å². The van der Waals surface area contributed by atoms with Crippen LogP contribution in [0.2, 0.25) is 0 Å². The molecule has 3 rings (SSSR count). The van der Waals surface area contributed by atoms with Gasteiger partial charge in [0.15, 0.2) is 0 Å². The topological polar surface area (TPSA) is 24.9 Å². The number of pyridine rings is 1. The largest absolute Gasteiger partial charge is 0.310 e. The molecular weight excluding hydrogens is 220 g/mol. The molecule has 0 saturated carbocycles. The minimum Gasteiger partial charge on any atom is -0.310 e. The van der Waals surface area contributed by atoms with Crippen molar-refractivity contribution in [1.82, 2.24) is 10.3 Å². The first kappa shape index (κ1) is 11.4. The summed E-state index contributed by atoms with van der Waals surface area (Å²) in [5, 5.41) is 3.54. The number of aromatic nitrogens is 1. The molecule has 1 N–H and O–H groups in total. The Labute approximate surface area is 108 Å². The van der Waals surface area contributed by atoms with Crippen molar-refractivity contribution in [3.63, 3.8) is 0 Å². The van der Waals surface area contributed by atoms with E-state index in [1.165, 1.54) is 29.5 Å². The van der Waals surface area contributed by atoms with Gasteiger partial charge < -0.3 is 5.32 Å². The lowest BCUT2D eigenvalue weighted by Gasteiger charge is -2.12. The van der Waals surface area contributed by atoms with Crippen LogP contribution in [-0.4, -0.2) is 11.5 Å². The Morgan fingerprint density at radius 1 is 1.22 bits per heavy atom. The van der Waals surface area contributed by atoms with Crippen LogP contribution in [0.5, 0.6) is 0 Å². The number of nitrogens with zero attached hydrogens (tertiary/aromatic N) is 1. The van der Waals surface area contributed by atoms with E-state index in [1.54, 1.807) is 0 Å². The van der Waals surface area contributed by atoms with Gasteiger partial charge in [-0.2, -0.15) is 0 Å². The monoisotopic (exact) mass is 238 g/mol. The van der Waals surface area contributed by atoms with Crippen LogP contribution in [-0.2, 0) is 0 Å². The Morgan fingerprint density at radius 3 is 2.89 bits per heavy atom. The molecular formula is C16H18N2. The lowest BCUT2D eigenvalue weighted by Crippen LogP contribution is -2.12. The highest BCUT2D eigenvalue weighted by Crippen LogP contribution is 2.27. The molecule has 1 fully saturated rings. The highest BCUT2D eigenvalue weighted by atomic mass is 14.9. The Balaban J connectivity index is 1.98. The molecule has 1 aromatic carbocycles. The first-order valence-corrected chi connectivity index (χ1v) is 6.60. The van der Waals surface area contributed by atoms with E-state index in [-0.39, 0.29) is 0 Å². The fourth-order valence-electron chi connectivity index (χ4n) is 2.64. The standard InChI is InChI=1S/C16H18N2/c1-12-5-2-3-6-14(12)16-11-13(8-10-18-16)15-7-4-9-17-15/h2-3,5-6,8,10-11,15,17H,4,7,9H2,1H3/t15-/m0/s1. The summed E-state index contributed by atoms with van der Waals surface area (Å²) in [6.45, 7) is 3.27.